The Bertz CT molecular complexity index is 885. The van der Waals surface area contributed by atoms with Gasteiger partial charge >= 0.3 is 0 Å². The van der Waals surface area contributed by atoms with Crippen LogP contribution in [-0.2, 0) is 0 Å². The SMILES string of the molecule is O=C(SSC(=O)c1c(I)c(I)c(I)c(I)c1I)c1c(I)c(I)c(I)c(I)c1I. The molecule has 150 valence electrons. The Kier molecular flexibility index (Phi) is 14.3. The summed E-state index contributed by atoms with van der Waals surface area (Å²) in [7, 11) is 2.03. The van der Waals surface area contributed by atoms with Gasteiger partial charge in [-0.1, -0.05) is 0 Å². The minimum atomic E-state index is -0.0840. The zero-order valence-electron chi connectivity index (χ0n) is 12.4. The van der Waals surface area contributed by atoms with Gasteiger partial charge in [-0.15, -0.1) is 0 Å². The van der Waals surface area contributed by atoms with E-state index in [1.54, 1.807) is 0 Å². The van der Waals surface area contributed by atoms with E-state index in [1.165, 1.54) is 0 Å². The van der Waals surface area contributed by atoms with Gasteiger partial charge in [-0.25, -0.2) is 0 Å². The van der Waals surface area contributed by atoms with Crippen LogP contribution in [0.3, 0.4) is 0 Å². The van der Waals surface area contributed by atoms with Gasteiger partial charge in [0.2, 0.25) is 10.2 Å². The highest BCUT2D eigenvalue weighted by Crippen LogP contribution is 2.41. The third-order valence-corrected chi connectivity index (χ3v) is 24.0. The lowest BCUT2D eigenvalue weighted by atomic mass is 10.2. The van der Waals surface area contributed by atoms with Crippen molar-refractivity contribution in [1.29, 1.82) is 0 Å². The highest BCUT2D eigenvalue weighted by molar-refractivity contribution is 14.1. The molecule has 0 aliphatic rings. The number of rotatable bonds is 2. The molecule has 0 spiro atoms. The van der Waals surface area contributed by atoms with Crippen LogP contribution in [0.1, 0.15) is 20.7 Å². The summed E-state index contributed by atoms with van der Waals surface area (Å²) < 4.78 is 10.4. The molecule has 0 amide bonds. The lowest BCUT2D eigenvalue weighted by Crippen LogP contribution is -2.09. The van der Waals surface area contributed by atoms with E-state index in [0.29, 0.717) is 11.1 Å². The maximum atomic E-state index is 13.0. The van der Waals surface area contributed by atoms with Crippen molar-refractivity contribution in [2.24, 2.45) is 0 Å². The summed E-state index contributed by atoms with van der Waals surface area (Å²) in [6.45, 7) is 0. The molecule has 0 unspecified atom stereocenters. The summed E-state index contributed by atoms with van der Waals surface area (Å²) in [5, 5.41) is -0.168. The maximum absolute atomic E-state index is 13.0. The van der Waals surface area contributed by atoms with Crippen LogP contribution in [0.4, 0.5) is 0 Å². The molecular formula is C14I10O2S2. The Morgan fingerprint density at radius 2 is 0.571 bits per heavy atom. The second-order valence-corrected chi connectivity index (χ2v) is 17.5. The number of benzene rings is 2. The molecule has 0 bridgehead atoms. The van der Waals surface area contributed by atoms with Crippen LogP contribution in [0.5, 0.6) is 0 Å². The Balaban J connectivity index is 2.34. The molecule has 2 rings (SSSR count). The van der Waals surface area contributed by atoms with Gasteiger partial charge in [0.15, 0.2) is 0 Å². The second-order valence-electron chi connectivity index (χ2n) is 4.63. The largest absolute Gasteiger partial charge is 0.281 e. The number of carbonyl (C=O) groups excluding carboxylic acids is 2. The second kappa shape index (κ2) is 13.4. The Morgan fingerprint density at radius 1 is 0.393 bits per heavy atom. The standard InChI is InChI=1S/C14I10O2S2/c15-3-1(4(16)8(20)11(23)7(3)19)13(25)27-28-14(26)2-5(17)9(21)12(24)10(22)6(2)18. The van der Waals surface area contributed by atoms with Crippen molar-refractivity contribution in [2.75, 3.05) is 0 Å². The molecule has 0 aliphatic heterocycles. The summed E-state index contributed by atoms with van der Waals surface area (Å²) in [5.74, 6) is 0. The Morgan fingerprint density at radius 3 is 0.786 bits per heavy atom. The molecule has 2 aromatic rings. The first kappa shape index (κ1) is 30.0. The first-order valence-corrected chi connectivity index (χ1v) is 19.3. The van der Waals surface area contributed by atoms with Gasteiger partial charge in [-0.3, -0.25) is 9.59 Å². The predicted octanol–water partition coefficient (Wildman–Crippen LogP) is 10.1. The van der Waals surface area contributed by atoms with Crippen molar-refractivity contribution in [1.82, 2.24) is 0 Å². The summed E-state index contributed by atoms with van der Waals surface area (Å²) in [4.78, 5) is 25.9. The van der Waals surface area contributed by atoms with Crippen molar-refractivity contribution in [3.63, 3.8) is 0 Å². The van der Waals surface area contributed by atoms with Crippen LogP contribution in [0.2, 0.25) is 0 Å². The monoisotopic (exact) mass is 1530 g/mol. The Labute approximate surface area is 306 Å². The van der Waals surface area contributed by atoms with Crippen LogP contribution in [0, 0.1) is 35.7 Å². The average Bonchev–Trinajstić information content (AvgIpc) is 2.66. The van der Waals surface area contributed by atoms with Gasteiger partial charge in [0, 0.05) is 35.7 Å². The maximum Gasteiger partial charge on any atom is 0.232 e. The first-order chi connectivity index (χ1) is 12.9. The number of carbonyl (C=O) groups is 2. The molecule has 0 radical (unpaired) electrons. The normalized spacial score (nSPS) is 11.1. The molecule has 28 heavy (non-hydrogen) atoms. The Hall–Kier alpha value is 5.78. The van der Waals surface area contributed by atoms with Gasteiger partial charge in [0.25, 0.3) is 0 Å². The molecule has 0 N–H and O–H groups in total. The lowest BCUT2D eigenvalue weighted by molar-refractivity contribution is 0.107. The zero-order chi connectivity index (χ0) is 21.5. The third-order valence-electron chi connectivity index (χ3n) is 3.02. The summed E-state index contributed by atoms with van der Waals surface area (Å²) in [5.41, 5.74) is 1.38. The summed E-state index contributed by atoms with van der Waals surface area (Å²) in [6.07, 6.45) is 0. The van der Waals surface area contributed by atoms with Crippen molar-refractivity contribution in [3.05, 3.63) is 46.8 Å². The molecule has 0 saturated carbocycles. The third kappa shape index (κ3) is 6.75. The van der Waals surface area contributed by atoms with E-state index in [2.05, 4.69) is 226 Å². The van der Waals surface area contributed by atoms with Crippen molar-refractivity contribution >= 4 is 258 Å². The van der Waals surface area contributed by atoms with Crippen LogP contribution in [0.15, 0.2) is 0 Å². The average molecular weight is 1530 g/mol. The molecule has 0 fully saturated rings. The predicted molar refractivity (Wildman–Crippen MR) is 204 cm³/mol. The quantitative estimate of drug-likeness (QED) is 0.130. The van der Waals surface area contributed by atoms with Crippen molar-refractivity contribution in [3.8, 4) is 0 Å². The first-order valence-electron chi connectivity index (χ1n) is 6.37. The lowest BCUT2D eigenvalue weighted by Gasteiger charge is -2.13. The van der Waals surface area contributed by atoms with Gasteiger partial charge < -0.3 is 0 Å². The molecule has 0 aliphatic carbocycles. The summed E-state index contributed by atoms with van der Waals surface area (Å²) >= 11 is 22.6. The van der Waals surface area contributed by atoms with Crippen molar-refractivity contribution < 1.29 is 9.59 Å². The number of halogens is 10. The molecule has 2 nitrogen and oxygen atoms in total. The van der Waals surface area contributed by atoms with Gasteiger partial charge in [-0.05, 0) is 247 Å². The van der Waals surface area contributed by atoms with E-state index in [1.807, 2.05) is 0 Å². The van der Waals surface area contributed by atoms with E-state index in [9.17, 15) is 9.59 Å². The van der Waals surface area contributed by atoms with Gasteiger partial charge in [-0.2, -0.15) is 0 Å². The molecule has 0 saturated heterocycles. The summed E-state index contributed by atoms with van der Waals surface area (Å²) in [6, 6.07) is 0. The zero-order valence-corrected chi connectivity index (χ0v) is 35.6. The molecule has 2 aromatic carbocycles. The van der Waals surface area contributed by atoms with Gasteiger partial charge in [0.05, 0.1) is 11.1 Å². The smallest absolute Gasteiger partial charge is 0.232 e. The highest BCUT2D eigenvalue weighted by Gasteiger charge is 2.26. The fourth-order valence-electron chi connectivity index (χ4n) is 1.73. The molecular weight excluding hydrogens is 1530 g/mol. The molecule has 0 aromatic heterocycles. The van der Waals surface area contributed by atoms with E-state index in [4.69, 9.17) is 0 Å². The van der Waals surface area contributed by atoms with Crippen LogP contribution < -0.4 is 0 Å². The topological polar surface area (TPSA) is 34.1 Å². The molecule has 14 heteroatoms. The van der Waals surface area contributed by atoms with E-state index < -0.39 is 0 Å². The van der Waals surface area contributed by atoms with Crippen LogP contribution >= 0.6 is 247 Å². The van der Waals surface area contributed by atoms with E-state index >= 15 is 0 Å². The van der Waals surface area contributed by atoms with Gasteiger partial charge in [0.1, 0.15) is 0 Å². The number of hydrogen-bond acceptors (Lipinski definition) is 4. The molecule has 0 heterocycles. The van der Waals surface area contributed by atoms with Crippen LogP contribution in [-0.4, -0.2) is 10.2 Å². The molecule has 0 atom stereocenters. The van der Waals surface area contributed by atoms with E-state index in [0.717, 1.165) is 57.3 Å². The highest BCUT2D eigenvalue weighted by atomic mass is 127. The van der Waals surface area contributed by atoms with Crippen LogP contribution in [0.25, 0.3) is 0 Å². The fourth-order valence-corrected chi connectivity index (χ4v) is 14.6. The minimum absolute atomic E-state index is 0.0840. The number of hydrogen-bond donors (Lipinski definition) is 0. The van der Waals surface area contributed by atoms with Crippen molar-refractivity contribution in [2.45, 2.75) is 0 Å². The minimum Gasteiger partial charge on any atom is -0.281 e. The fraction of sp³-hybridized carbons (Fsp3) is 0. The van der Waals surface area contributed by atoms with E-state index in [-0.39, 0.29) is 10.2 Å².